The van der Waals surface area contributed by atoms with Crippen molar-refractivity contribution in [2.75, 3.05) is 39.2 Å². The fourth-order valence-electron chi connectivity index (χ4n) is 2.77. The van der Waals surface area contributed by atoms with Crippen molar-refractivity contribution in [3.8, 4) is 11.5 Å². The van der Waals surface area contributed by atoms with E-state index in [1.54, 1.807) is 0 Å². The van der Waals surface area contributed by atoms with Crippen molar-refractivity contribution in [3.63, 3.8) is 0 Å². The van der Waals surface area contributed by atoms with Crippen LogP contribution in [0.1, 0.15) is 10.4 Å². The van der Waals surface area contributed by atoms with Crippen molar-refractivity contribution in [1.82, 2.24) is 4.31 Å². The summed E-state index contributed by atoms with van der Waals surface area (Å²) in [5.41, 5.74) is -0.894. The molecule has 0 fully saturated rings. The Morgan fingerprint density at radius 1 is 1.18 bits per heavy atom. The van der Waals surface area contributed by atoms with Crippen LogP contribution in [-0.4, -0.2) is 63.4 Å². The number of fused-ring (bicyclic) bond motifs is 1. The monoisotopic (exact) mass is 499 g/mol. The number of nitro benzene ring substituents is 1. The number of amides is 1. The number of ether oxygens (including phenoxy) is 3. The van der Waals surface area contributed by atoms with Crippen molar-refractivity contribution in [2.45, 2.75) is 4.90 Å². The molecule has 1 aliphatic rings. The van der Waals surface area contributed by atoms with Crippen LogP contribution < -0.4 is 14.8 Å². The zero-order valence-corrected chi connectivity index (χ0v) is 18.9. The van der Waals surface area contributed by atoms with Crippen LogP contribution in [-0.2, 0) is 19.6 Å². The van der Waals surface area contributed by atoms with Crippen molar-refractivity contribution in [2.24, 2.45) is 0 Å². The molecule has 176 valence electrons. The number of rotatable bonds is 7. The molecule has 0 saturated carbocycles. The van der Waals surface area contributed by atoms with Gasteiger partial charge in [-0.05, 0) is 18.2 Å². The standard InChI is InChI=1S/C19H18ClN3O9S/c1-22(2)33(28,29)17-7-11(3-4-13(17)20)21-18(24)10-32-19(25)12-8-15-16(31-6-5-30-15)9-14(12)23(26)27/h3-4,7-9H,5-6,10H2,1-2H3,(H,21,24). The molecule has 3 rings (SSSR count). The number of carbonyl (C=O) groups is 2. The Balaban J connectivity index is 1.72. The number of nitrogens with zero attached hydrogens (tertiary/aromatic N) is 2. The molecule has 1 heterocycles. The molecule has 14 heteroatoms. The molecule has 2 aromatic carbocycles. The van der Waals surface area contributed by atoms with Gasteiger partial charge in [0, 0.05) is 25.8 Å². The van der Waals surface area contributed by atoms with E-state index in [9.17, 15) is 28.1 Å². The highest BCUT2D eigenvalue weighted by molar-refractivity contribution is 7.89. The predicted molar refractivity (Wildman–Crippen MR) is 115 cm³/mol. The summed E-state index contributed by atoms with van der Waals surface area (Å²) in [6.07, 6.45) is 0. The molecule has 0 unspecified atom stereocenters. The normalized spacial score (nSPS) is 12.8. The Labute approximate surface area is 193 Å². The molecule has 0 bridgehead atoms. The van der Waals surface area contributed by atoms with Gasteiger partial charge in [0.1, 0.15) is 23.7 Å². The fraction of sp³-hybridized carbons (Fsp3) is 0.263. The lowest BCUT2D eigenvalue weighted by atomic mass is 10.1. The summed E-state index contributed by atoms with van der Waals surface area (Å²) in [7, 11) is -1.22. The second-order valence-corrected chi connectivity index (χ2v) is 9.35. The first-order chi connectivity index (χ1) is 15.5. The van der Waals surface area contributed by atoms with E-state index in [4.69, 9.17) is 25.8 Å². The zero-order chi connectivity index (χ0) is 24.3. The van der Waals surface area contributed by atoms with Crippen LogP contribution in [0.5, 0.6) is 11.5 Å². The maximum absolute atomic E-state index is 12.4. The zero-order valence-electron chi connectivity index (χ0n) is 17.4. The number of nitrogens with one attached hydrogen (secondary N) is 1. The van der Waals surface area contributed by atoms with Crippen LogP contribution in [0, 0.1) is 10.1 Å². The van der Waals surface area contributed by atoms with Gasteiger partial charge in [-0.25, -0.2) is 17.5 Å². The van der Waals surface area contributed by atoms with Gasteiger partial charge >= 0.3 is 5.97 Å². The molecular weight excluding hydrogens is 482 g/mol. The second-order valence-electron chi connectivity index (χ2n) is 6.83. The van der Waals surface area contributed by atoms with Crippen molar-refractivity contribution < 1.29 is 37.1 Å². The first-order valence-corrected chi connectivity index (χ1v) is 11.1. The van der Waals surface area contributed by atoms with Crippen molar-refractivity contribution in [1.29, 1.82) is 0 Å². The minimum Gasteiger partial charge on any atom is -0.486 e. The Kier molecular flexibility index (Phi) is 7.05. The molecule has 0 atom stereocenters. The maximum atomic E-state index is 12.4. The van der Waals surface area contributed by atoms with Crippen LogP contribution in [0.2, 0.25) is 5.02 Å². The molecule has 0 saturated heterocycles. The van der Waals surface area contributed by atoms with Gasteiger partial charge in [0.15, 0.2) is 18.1 Å². The Hall–Kier alpha value is -3.42. The quantitative estimate of drug-likeness (QED) is 0.342. The number of benzene rings is 2. The van der Waals surface area contributed by atoms with Crippen LogP contribution in [0.15, 0.2) is 35.2 Å². The summed E-state index contributed by atoms with van der Waals surface area (Å²) in [6, 6.07) is 5.97. The third-order valence-corrected chi connectivity index (χ3v) is 6.68. The van der Waals surface area contributed by atoms with E-state index in [1.807, 2.05) is 0 Å². The van der Waals surface area contributed by atoms with Crippen LogP contribution >= 0.6 is 11.6 Å². The third kappa shape index (κ3) is 5.32. The molecule has 1 amide bonds. The van der Waals surface area contributed by atoms with Gasteiger partial charge in [-0.15, -0.1) is 0 Å². The van der Waals surface area contributed by atoms with E-state index in [1.165, 1.54) is 26.2 Å². The summed E-state index contributed by atoms with van der Waals surface area (Å²) in [5, 5.41) is 13.7. The van der Waals surface area contributed by atoms with Crippen LogP contribution in [0.3, 0.4) is 0 Å². The van der Waals surface area contributed by atoms with E-state index < -0.39 is 44.7 Å². The van der Waals surface area contributed by atoms with Gasteiger partial charge in [0.05, 0.1) is 16.0 Å². The highest BCUT2D eigenvalue weighted by Crippen LogP contribution is 2.37. The van der Waals surface area contributed by atoms with Gasteiger partial charge in [-0.2, -0.15) is 0 Å². The molecule has 0 aromatic heterocycles. The highest BCUT2D eigenvalue weighted by atomic mass is 35.5. The molecule has 2 aromatic rings. The van der Waals surface area contributed by atoms with Crippen LogP contribution in [0.25, 0.3) is 0 Å². The van der Waals surface area contributed by atoms with Crippen LogP contribution in [0.4, 0.5) is 11.4 Å². The van der Waals surface area contributed by atoms with E-state index in [0.29, 0.717) is 0 Å². The number of hydrogen-bond acceptors (Lipinski definition) is 9. The number of carbonyl (C=O) groups excluding carboxylic acids is 2. The number of hydrogen-bond donors (Lipinski definition) is 1. The van der Waals surface area contributed by atoms with Gasteiger partial charge in [-0.3, -0.25) is 14.9 Å². The molecule has 0 spiro atoms. The highest BCUT2D eigenvalue weighted by Gasteiger charge is 2.28. The first-order valence-electron chi connectivity index (χ1n) is 9.28. The molecule has 0 aliphatic carbocycles. The molecule has 33 heavy (non-hydrogen) atoms. The topological polar surface area (TPSA) is 154 Å². The number of anilines is 1. The van der Waals surface area contributed by atoms with E-state index in [-0.39, 0.29) is 40.3 Å². The lowest BCUT2D eigenvalue weighted by Gasteiger charge is -2.18. The summed E-state index contributed by atoms with van der Waals surface area (Å²) in [6.45, 7) is -0.381. The minimum absolute atomic E-state index is 0.0426. The average Bonchev–Trinajstić information content (AvgIpc) is 2.77. The Morgan fingerprint density at radius 2 is 1.82 bits per heavy atom. The number of sulfonamides is 1. The van der Waals surface area contributed by atoms with E-state index >= 15 is 0 Å². The molecule has 12 nitrogen and oxygen atoms in total. The molecule has 0 radical (unpaired) electrons. The third-order valence-electron chi connectivity index (χ3n) is 4.39. The fourth-order valence-corrected chi connectivity index (χ4v) is 4.17. The summed E-state index contributed by atoms with van der Waals surface area (Å²) in [4.78, 5) is 35.0. The molecule has 1 aliphatic heterocycles. The Morgan fingerprint density at radius 3 is 2.42 bits per heavy atom. The number of nitro groups is 1. The summed E-state index contributed by atoms with van der Waals surface area (Å²) < 4.78 is 41.1. The lowest BCUT2D eigenvalue weighted by Crippen LogP contribution is -2.24. The largest absolute Gasteiger partial charge is 0.486 e. The summed E-state index contributed by atoms with van der Waals surface area (Å²) in [5.74, 6) is -1.67. The lowest BCUT2D eigenvalue weighted by molar-refractivity contribution is -0.385. The van der Waals surface area contributed by atoms with Crippen molar-refractivity contribution in [3.05, 3.63) is 51.0 Å². The maximum Gasteiger partial charge on any atom is 0.345 e. The first kappa shape index (κ1) is 24.2. The number of halogens is 1. The SMILES string of the molecule is CN(C)S(=O)(=O)c1cc(NC(=O)COC(=O)c2cc3c(cc2[N+](=O)[O-])OCCO3)ccc1Cl. The van der Waals surface area contributed by atoms with E-state index in [0.717, 1.165) is 22.5 Å². The van der Waals surface area contributed by atoms with E-state index in [2.05, 4.69) is 5.32 Å². The van der Waals surface area contributed by atoms with Gasteiger partial charge in [0.2, 0.25) is 10.0 Å². The molecule has 1 N–H and O–H groups in total. The predicted octanol–water partition coefficient (Wildman–Crippen LogP) is 2.07. The van der Waals surface area contributed by atoms with Gasteiger partial charge < -0.3 is 19.5 Å². The number of esters is 1. The summed E-state index contributed by atoms with van der Waals surface area (Å²) >= 11 is 5.96. The van der Waals surface area contributed by atoms with Gasteiger partial charge in [-0.1, -0.05) is 11.6 Å². The average molecular weight is 500 g/mol. The molecular formula is C19H18ClN3O9S. The van der Waals surface area contributed by atoms with Gasteiger partial charge in [0.25, 0.3) is 11.6 Å². The smallest absolute Gasteiger partial charge is 0.345 e. The minimum atomic E-state index is -3.87. The second kappa shape index (κ2) is 9.60. The van der Waals surface area contributed by atoms with Crippen molar-refractivity contribution >= 4 is 44.9 Å². The Bertz CT molecular complexity index is 1230.